The average molecular weight is 230 g/mol. The van der Waals surface area contributed by atoms with Crippen molar-refractivity contribution in [2.75, 3.05) is 26.2 Å². The molecule has 0 amide bonds. The van der Waals surface area contributed by atoms with Crippen molar-refractivity contribution >= 4 is 5.78 Å². The first-order valence-corrected chi connectivity index (χ1v) is 6.33. The molecule has 0 radical (unpaired) electrons. The smallest absolute Gasteiger partial charge is 0.148 e. The molecule has 3 nitrogen and oxygen atoms in total. The highest BCUT2D eigenvalue weighted by molar-refractivity contribution is 5.83. The normalized spacial score (nSPS) is 26.1. The van der Waals surface area contributed by atoms with Gasteiger partial charge in [0.1, 0.15) is 5.78 Å². The molecule has 1 aromatic rings. The average Bonchev–Trinajstić information content (AvgIpc) is 2.70. The summed E-state index contributed by atoms with van der Waals surface area (Å²) in [6.45, 7) is 4.87. The number of benzene rings is 1. The standard InChI is InChI=1S/C14H18N2O/c17-14-8-13-10-15(6-7-16(13)11-14)9-12-4-2-1-3-5-12/h1-5,13H,6-11H2/t13-/m1/s1. The number of carbonyl (C=O) groups is 1. The van der Waals surface area contributed by atoms with Crippen LogP contribution >= 0.6 is 0 Å². The molecule has 2 fully saturated rings. The van der Waals surface area contributed by atoms with Gasteiger partial charge in [0.2, 0.25) is 0 Å². The van der Waals surface area contributed by atoms with Crippen LogP contribution in [0.5, 0.6) is 0 Å². The first-order valence-electron chi connectivity index (χ1n) is 6.33. The zero-order chi connectivity index (χ0) is 11.7. The molecule has 1 atom stereocenters. The van der Waals surface area contributed by atoms with Gasteiger partial charge in [-0.05, 0) is 5.56 Å². The third-order valence-corrected chi connectivity index (χ3v) is 3.78. The minimum atomic E-state index is 0.413. The Morgan fingerprint density at radius 1 is 1.18 bits per heavy atom. The predicted molar refractivity (Wildman–Crippen MR) is 66.7 cm³/mol. The number of piperazine rings is 1. The van der Waals surface area contributed by atoms with E-state index in [-0.39, 0.29) is 0 Å². The fraction of sp³-hybridized carbons (Fsp3) is 0.500. The van der Waals surface area contributed by atoms with E-state index >= 15 is 0 Å². The highest BCUT2D eigenvalue weighted by atomic mass is 16.1. The second-order valence-electron chi connectivity index (χ2n) is 5.09. The van der Waals surface area contributed by atoms with Gasteiger partial charge in [-0.15, -0.1) is 0 Å². The highest BCUT2D eigenvalue weighted by Gasteiger charge is 2.34. The minimum absolute atomic E-state index is 0.413. The van der Waals surface area contributed by atoms with Crippen molar-refractivity contribution in [3.8, 4) is 0 Å². The summed E-state index contributed by atoms with van der Waals surface area (Å²) in [7, 11) is 0. The maximum atomic E-state index is 11.4. The van der Waals surface area contributed by atoms with E-state index in [1.807, 2.05) is 0 Å². The Bertz CT molecular complexity index is 404. The van der Waals surface area contributed by atoms with Gasteiger partial charge in [0, 0.05) is 38.6 Å². The summed E-state index contributed by atoms with van der Waals surface area (Å²) in [5.74, 6) is 0.413. The summed E-state index contributed by atoms with van der Waals surface area (Å²) < 4.78 is 0. The Morgan fingerprint density at radius 2 is 2.00 bits per heavy atom. The lowest BCUT2D eigenvalue weighted by atomic mass is 10.1. The Labute approximate surface area is 102 Å². The maximum Gasteiger partial charge on any atom is 0.148 e. The van der Waals surface area contributed by atoms with Crippen molar-refractivity contribution < 1.29 is 4.79 Å². The van der Waals surface area contributed by atoms with Crippen molar-refractivity contribution in [1.29, 1.82) is 0 Å². The van der Waals surface area contributed by atoms with Crippen LogP contribution in [0.25, 0.3) is 0 Å². The van der Waals surface area contributed by atoms with Crippen LogP contribution in [0.15, 0.2) is 30.3 Å². The highest BCUT2D eigenvalue weighted by Crippen LogP contribution is 2.20. The van der Waals surface area contributed by atoms with Crippen LogP contribution in [0, 0.1) is 0 Å². The molecule has 0 aromatic heterocycles. The molecule has 0 bridgehead atoms. The lowest BCUT2D eigenvalue weighted by Crippen LogP contribution is -2.49. The summed E-state index contributed by atoms with van der Waals surface area (Å²) in [6, 6.07) is 11.0. The van der Waals surface area contributed by atoms with Crippen LogP contribution in [-0.2, 0) is 11.3 Å². The zero-order valence-corrected chi connectivity index (χ0v) is 10.0. The first-order chi connectivity index (χ1) is 8.31. The zero-order valence-electron chi connectivity index (χ0n) is 10.0. The molecule has 0 unspecified atom stereocenters. The molecule has 0 aliphatic carbocycles. The van der Waals surface area contributed by atoms with Gasteiger partial charge in [0.15, 0.2) is 0 Å². The van der Waals surface area contributed by atoms with Gasteiger partial charge in [-0.3, -0.25) is 14.6 Å². The van der Waals surface area contributed by atoms with Crippen molar-refractivity contribution in [2.24, 2.45) is 0 Å². The second kappa shape index (κ2) is 4.59. The Morgan fingerprint density at radius 3 is 2.82 bits per heavy atom. The number of hydrogen-bond donors (Lipinski definition) is 0. The molecule has 0 saturated carbocycles. The van der Waals surface area contributed by atoms with E-state index < -0.39 is 0 Å². The fourth-order valence-electron chi connectivity index (χ4n) is 2.90. The molecule has 1 aromatic carbocycles. The molecule has 3 heteroatoms. The van der Waals surface area contributed by atoms with Gasteiger partial charge >= 0.3 is 0 Å². The van der Waals surface area contributed by atoms with Crippen molar-refractivity contribution in [2.45, 2.75) is 19.0 Å². The van der Waals surface area contributed by atoms with Crippen LogP contribution < -0.4 is 0 Å². The molecular weight excluding hydrogens is 212 g/mol. The molecule has 17 heavy (non-hydrogen) atoms. The van der Waals surface area contributed by atoms with Crippen molar-refractivity contribution in [3.05, 3.63) is 35.9 Å². The number of carbonyl (C=O) groups excluding carboxylic acids is 1. The van der Waals surface area contributed by atoms with E-state index in [1.165, 1.54) is 5.56 Å². The Hall–Kier alpha value is -1.19. The molecule has 0 N–H and O–H groups in total. The fourth-order valence-corrected chi connectivity index (χ4v) is 2.90. The minimum Gasteiger partial charge on any atom is -0.298 e. The van der Waals surface area contributed by atoms with E-state index in [0.29, 0.717) is 18.4 Å². The summed E-state index contributed by atoms with van der Waals surface area (Å²) >= 11 is 0. The van der Waals surface area contributed by atoms with Crippen LogP contribution in [0.1, 0.15) is 12.0 Å². The Balaban J connectivity index is 1.61. The predicted octanol–water partition coefficient (Wildman–Crippen LogP) is 1.15. The lowest BCUT2D eigenvalue weighted by Gasteiger charge is -2.36. The second-order valence-corrected chi connectivity index (χ2v) is 5.09. The lowest BCUT2D eigenvalue weighted by molar-refractivity contribution is -0.116. The SMILES string of the molecule is O=C1C[C@@H]2CN(Cc3ccccc3)CCN2C1. The van der Waals surface area contributed by atoms with E-state index in [9.17, 15) is 4.79 Å². The number of Topliss-reactive ketones (excluding diaryl/α,β-unsaturated/α-hetero) is 1. The van der Waals surface area contributed by atoms with Crippen LogP contribution in [0.3, 0.4) is 0 Å². The van der Waals surface area contributed by atoms with Gasteiger partial charge in [0.25, 0.3) is 0 Å². The largest absolute Gasteiger partial charge is 0.298 e. The molecule has 2 aliphatic rings. The number of rotatable bonds is 2. The van der Waals surface area contributed by atoms with Crippen molar-refractivity contribution in [1.82, 2.24) is 9.80 Å². The van der Waals surface area contributed by atoms with E-state index in [1.54, 1.807) is 0 Å². The summed E-state index contributed by atoms with van der Waals surface area (Å²) in [6.07, 6.45) is 0.755. The molecule has 2 aliphatic heterocycles. The third-order valence-electron chi connectivity index (χ3n) is 3.78. The summed E-state index contributed by atoms with van der Waals surface area (Å²) in [4.78, 5) is 16.2. The summed E-state index contributed by atoms with van der Waals surface area (Å²) in [5.41, 5.74) is 1.37. The topological polar surface area (TPSA) is 23.6 Å². The molecule has 90 valence electrons. The number of fused-ring (bicyclic) bond motifs is 1. The molecule has 2 heterocycles. The molecule has 2 saturated heterocycles. The quantitative estimate of drug-likeness (QED) is 0.761. The number of hydrogen-bond acceptors (Lipinski definition) is 3. The van der Waals surface area contributed by atoms with E-state index in [2.05, 4.69) is 40.1 Å². The van der Waals surface area contributed by atoms with Gasteiger partial charge in [-0.2, -0.15) is 0 Å². The van der Waals surface area contributed by atoms with E-state index in [0.717, 1.165) is 32.6 Å². The molecule has 0 spiro atoms. The van der Waals surface area contributed by atoms with Gasteiger partial charge < -0.3 is 0 Å². The van der Waals surface area contributed by atoms with Gasteiger partial charge in [0.05, 0.1) is 6.54 Å². The third kappa shape index (κ3) is 2.40. The van der Waals surface area contributed by atoms with E-state index in [4.69, 9.17) is 0 Å². The number of nitrogens with zero attached hydrogens (tertiary/aromatic N) is 2. The Kier molecular flexibility index (Phi) is 2.95. The maximum absolute atomic E-state index is 11.4. The first kappa shape index (κ1) is 10.9. The van der Waals surface area contributed by atoms with Crippen molar-refractivity contribution in [3.63, 3.8) is 0 Å². The number of ketones is 1. The van der Waals surface area contributed by atoms with Crippen LogP contribution in [0.4, 0.5) is 0 Å². The van der Waals surface area contributed by atoms with Gasteiger partial charge in [-0.1, -0.05) is 30.3 Å². The van der Waals surface area contributed by atoms with Gasteiger partial charge in [-0.25, -0.2) is 0 Å². The monoisotopic (exact) mass is 230 g/mol. The molecular formula is C14H18N2O. The van der Waals surface area contributed by atoms with Crippen LogP contribution in [0.2, 0.25) is 0 Å². The molecule has 3 rings (SSSR count). The summed E-state index contributed by atoms with van der Waals surface area (Å²) in [5, 5.41) is 0. The van der Waals surface area contributed by atoms with Crippen LogP contribution in [-0.4, -0.2) is 47.8 Å².